The van der Waals surface area contributed by atoms with Gasteiger partial charge in [0.2, 0.25) is 5.91 Å². The monoisotopic (exact) mass is 416 g/mol. The van der Waals surface area contributed by atoms with E-state index in [0.29, 0.717) is 15.6 Å². The summed E-state index contributed by atoms with van der Waals surface area (Å²) in [6, 6.07) is 14.8. The van der Waals surface area contributed by atoms with Crippen molar-refractivity contribution in [1.82, 2.24) is 10.6 Å². The molecule has 1 unspecified atom stereocenters. The average molecular weight is 417 g/mol. The van der Waals surface area contributed by atoms with Crippen LogP contribution >= 0.6 is 23.2 Å². The lowest BCUT2D eigenvalue weighted by molar-refractivity contribution is -0.123. The van der Waals surface area contributed by atoms with Crippen LogP contribution in [0.25, 0.3) is 0 Å². The van der Waals surface area contributed by atoms with Crippen molar-refractivity contribution in [3.8, 4) is 0 Å². The molecule has 0 aliphatic heterocycles. The molecule has 1 aromatic heterocycles. The summed E-state index contributed by atoms with van der Waals surface area (Å²) >= 11 is 12.0. The Bertz CT molecular complexity index is 893. The minimum atomic E-state index is -0.746. The minimum absolute atomic E-state index is 0.327. The Balaban J connectivity index is 1.78. The zero-order valence-corrected chi connectivity index (χ0v) is 16.5. The molecular weight excluding hydrogens is 399 g/mol. The van der Waals surface area contributed by atoms with E-state index in [2.05, 4.69) is 10.6 Å². The van der Waals surface area contributed by atoms with Crippen LogP contribution in [-0.2, 0) is 4.79 Å². The highest BCUT2D eigenvalue weighted by Gasteiger charge is 2.22. The quantitative estimate of drug-likeness (QED) is 0.615. The Morgan fingerprint density at radius 1 is 0.857 bits per heavy atom. The second kappa shape index (κ2) is 8.95. The number of amides is 2. The van der Waals surface area contributed by atoms with Crippen molar-refractivity contribution >= 4 is 35.0 Å². The van der Waals surface area contributed by atoms with Gasteiger partial charge >= 0.3 is 0 Å². The highest BCUT2D eigenvalue weighted by molar-refractivity contribution is 6.30. The maximum absolute atomic E-state index is 12.7. The van der Waals surface area contributed by atoms with Gasteiger partial charge in [0.1, 0.15) is 12.3 Å². The van der Waals surface area contributed by atoms with E-state index in [1.54, 1.807) is 31.2 Å². The number of halogens is 2. The van der Waals surface area contributed by atoms with E-state index < -0.39 is 12.1 Å². The summed E-state index contributed by atoms with van der Waals surface area (Å²) in [4.78, 5) is 24.9. The molecule has 2 N–H and O–H groups in total. The van der Waals surface area contributed by atoms with Crippen molar-refractivity contribution in [3.05, 3.63) is 93.9 Å². The molecule has 5 nitrogen and oxygen atoms in total. The van der Waals surface area contributed by atoms with Crippen molar-refractivity contribution in [3.63, 3.8) is 0 Å². The number of carbonyl (C=O) groups is 2. The van der Waals surface area contributed by atoms with Crippen molar-refractivity contribution in [2.45, 2.75) is 19.0 Å². The van der Waals surface area contributed by atoms with E-state index in [9.17, 15) is 9.59 Å². The van der Waals surface area contributed by atoms with E-state index in [4.69, 9.17) is 27.6 Å². The summed E-state index contributed by atoms with van der Waals surface area (Å²) in [6.45, 7) is 1.62. The predicted molar refractivity (Wildman–Crippen MR) is 109 cm³/mol. The van der Waals surface area contributed by atoms with Gasteiger partial charge in [-0.3, -0.25) is 9.59 Å². The molecule has 7 heteroatoms. The van der Waals surface area contributed by atoms with Crippen molar-refractivity contribution in [2.24, 2.45) is 0 Å². The number of rotatable bonds is 6. The molecule has 1 atom stereocenters. The Kier molecular flexibility index (Phi) is 6.39. The normalized spacial score (nSPS) is 11.9. The predicted octanol–water partition coefficient (Wildman–Crippen LogP) is 4.61. The molecule has 144 valence electrons. The molecule has 2 amide bonds. The third-order valence-electron chi connectivity index (χ3n) is 4.22. The maximum Gasteiger partial charge on any atom is 0.255 e. The number of benzene rings is 2. The first-order valence-corrected chi connectivity index (χ1v) is 9.34. The maximum atomic E-state index is 12.7. The first-order valence-electron chi connectivity index (χ1n) is 8.58. The fourth-order valence-corrected chi connectivity index (χ4v) is 2.93. The van der Waals surface area contributed by atoms with Crippen LogP contribution in [0.15, 0.2) is 71.5 Å². The second-order valence-corrected chi connectivity index (χ2v) is 7.12. The van der Waals surface area contributed by atoms with Crippen molar-refractivity contribution in [1.29, 1.82) is 0 Å². The van der Waals surface area contributed by atoms with E-state index in [1.165, 1.54) is 18.6 Å². The Morgan fingerprint density at radius 2 is 1.39 bits per heavy atom. The largest absolute Gasteiger partial charge is 0.472 e. The van der Waals surface area contributed by atoms with Crippen LogP contribution in [0, 0.1) is 0 Å². The average Bonchev–Trinajstić information content (AvgIpc) is 3.22. The van der Waals surface area contributed by atoms with Crippen LogP contribution in [0.2, 0.25) is 10.0 Å². The first kappa shape index (κ1) is 20.0. The van der Waals surface area contributed by atoms with E-state index >= 15 is 0 Å². The summed E-state index contributed by atoms with van der Waals surface area (Å²) in [7, 11) is 0. The standard InChI is InChI=1S/C21H18Cl2N2O3/c1-13(24-21(27)16-10-11-28-12-16)20(26)25-19(14-2-6-17(22)7-3-14)15-4-8-18(23)9-5-15/h2-13,19H,1H3,(H,24,27)(H,25,26). The van der Waals surface area contributed by atoms with Gasteiger partial charge in [0.15, 0.2) is 0 Å². The van der Waals surface area contributed by atoms with Crippen LogP contribution < -0.4 is 10.6 Å². The molecule has 3 rings (SSSR count). The van der Waals surface area contributed by atoms with Crippen LogP contribution in [0.3, 0.4) is 0 Å². The second-order valence-electron chi connectivity index (χ2n) is 6.25. The number of carbonyl (C=O) groups excluding carboxylic acids is 2. The minimum Gasteiger partial charge on any atom is -0.472 e. The molecule has 0 saturated heterocycles. The molecule has 0 fully saturated rings. The third-order valence-corrected chi connectivity index (χ3v) is 4.72. The molecule has 3 aromatic rings. The lowest BCUT2D eigenvalue weighted by Crippen LogP contribution is -2.46. The molecule has 2 aromatic carbocycles. The molecule has 0 saturated carbocycles. The number of furan rings is 1. The Labute approximate surface area is 172 Å². The van der Waals surface area contributed by atoms with Crippen LogP contribution in [0.5, 0.6) is 0 Å². The summed E-state index contributed by atoms with van der Waals surface area (Å²) in [6.07, 6.45) is 2.72. The first-order chi connectivity index (χ1) is 13.4. The summed E-state index contributed by atoms with van der Waals surface area (Å²) < 4.78 is 4.89. The SMILES string of the molecule is CC(NC(=O)c1ccoc1)C(=O)NC(c1ccc(Cl)cc1)c1ccc(Cl)cc1. The fraction of sp³-hybridized carbons (Fsp3) is 0.143. The summed E-state index contributed by atoms with van der Waals surface area (Å²) in [5, 5.41) is 6.84. The molecular formula is C21H18Cl2N2O3. The summed E-state index contributed by atoms with van der Waals surface area (Å²) in [5.74, 6) is -0.710. The van der Waals surface area contributed by atoms with Gasteiger partial charge in [0.05, 0.1) is 17.9 Å². The Morgan fingerprint density at radius 3 is 1.86 bits per heavy atom. The van der Waals surface area contributed by atoms with Crippen LogP contribution in [0.4, 0.5) is 0 Å². The highest BCUT2D eigenvalue weighted by atomic mass is 35.5. The molecule has 0 aliphatic rings. The highest BCUT2D eigenvalue weighted by Crippen LogP contribution is 2.25. The zero-order valence-electron chi connectivity index (χ0n) is 15.0. The lowest BCUT2D eigenvalue weighted by Gasteiger charge is -2.22. The van der Waals surface area contributed by atoms with E-state index in [-0.39, 0.29) is 11.8 Å². The van der Waals surface area contributed by atoms with E-state index in [0.717, 1.165) is 11.1 Å². The number of nitrogens with one attached hydrogen (secondary N) is 2. The zero-order chi connectivity index (χ0) is 20.1. The van der Waals surface area contributed by atoms with Crippen LogP contribution in [0.1, 0.15) is 34.5 Å². The Hall–Kier alpha value is -2.76. The van der Waals surface area contributed by atoms with Crippen molar-refractivity contribution in [2.75, 3.05) is 0 Å². The van der Waals surface area contributed by atoms with Gasteiger partial charge in [-0.1, -0.05) is 47.5 Å². The molecule has 28 heavy (non-hydrogen) atoms. The van der Waals surface area contributed by atoms with Gasteiger partial charge in [-0.15, -0.1) is 0 Å². The van der Waals surface area contributed by atoms with Gasteiger partial charge in [-0.05, 0) is 48.4 Å². The van der Waals surface area contributed by atoms with E-state index in [1.807, 2.05) is 24.3 Å². The van der Waals surface area contributed by atoms with Gasteiger partial charge in [0.25, 0.3) is 5.91 Å². The lowest BCUT2D eigenvalue weighted by atomic mass is 9.98. The van der Waals surface area contributed by atoms with Gasteiger partial charge in [-0.2, -0.15) is 0 Å². The molecule has 0 bridgehead atoms. The molecule has 0 radical (unpaired) electrons. The number of hydrogen-bond donors (Lipinski definition) is 2. The summed E-state index contributed by atoms with van der Waals surface area (Å²) in [5.41, 5.74) is 2.06. The van der Waals surface area contributed by atoms with Crippen molar-refractivity contribution < 1.29 is 14.0 Å². The molecule has 0 spiro atoms. The van der Waals surface area contributed by atoms with Crippen LogP contribution in [-0.4, -0.2) is 17.9 Å². The number of hydrogen-bond acceptors (Lipinski definition) is 3. The van der Waals surface area contributed by atoms with Gasteiger partial charge in [-0.25, -0.2) is 0 Å². The molecule has 0 aliphatic carbocycles. The topological polar surface area (TPSA) is 71.3 Å². The molecule has 1 heterocycles. The fourth-order valence-electron chi connectivity index (χ4n) is 2.68. The van der Waals surface area contributed by atoms with Gasteiger partial charge in [0, 0.05) is 10.0 Å². The third kappa shape index (κ3) is 4.94. The van der Waals surface area contributed by atoms with Gasteiger partial charge < -0.3 is 15.1 Å². The smallest absolute Gasteiger partial charge is 0.255 e.